The van der Waals surface area contributed by atoms with Crippen LogP contribution in [0.5, 0.6) is 0 Å². The topological polar surface area (TPSA) is 0 Å². The van der Waals surface area contributed by atoms with E-state index in [0.29, 0.717) is 0 Å². The van der Waals surface area contributed by atoms with Gasteiger partial charge in [-0.3, -0.25) is 0 Å². The zero-order valence-electron chi connectivity index (χ0n) is 4.73. The van der Waals surface area contributed by atoms with Crippen LogP contribution in [0, 0.1) is 5.92 Å². The minimum atomic E-state index is 0.769. The SMILES string of the molecule is CC(C)[CH](C)[Al+2]. The van der Waals surface area contributed by atoms with Crippen molar-refractivity contribution in [1.82, 2.24) is 0 Å². The van der Waals surface area contributed by atoms with Crippen LogP contribution in [0.2, 0.25) is 4.78 Å². The van der Waals surface area contributed by atoms with Gasteiger partial charge in [0.15, 0.2) is 0 Å². The van der Waals surface area contributed by atoms with Gasteiger partial charge in [-0.05, 0) is 0 Å². The van der Waals surface area contributed by atoms with Crippen molar-refractivity contribution < 1.29 is 0 Å². The summed E-state index contributed by atoms with van der Waals surface area (Å²) in [6, 6.07) is 0. The second-order valence-corrected chi connectivity index (χ2v) is 3.15. The Kier molecular flexibility index (Phi) is 2.90. The molecule has 32 valence electrons. The van der Waals surface area contributed by atoms with Crippen molar-refractivity contribution in [3.8, 4) is 0 Å². The van der Waals surface area contributed by atoms with E-state index in [4.69, 9.17) is 0 Å². The molecule has 1 heteroatoms. The van der Waals surface area contributed by atoms with Crippen LogP contribution in [-0.2, 0) is 0 Å². The van der Waals surface area contributed by atoms with E-state index in [0.717, 1.165) is 10.7 Å². The molecule has 0 saturated heterocycles. The average molecular weight is 98.1 g/mol. The Bertz CT molecular complexity index is 24.9. The molecule has 0 aromatic carbocycles. The zero-order chi connectivity index (χ0) is 5.15. The number of hydrogen-bond donors (Lipinski definition) is 0. The second kappa shape index (κ2) is 2.66. The molecule has 1 atom stereocenters. The van der Waals surface area contributed by atoms with Crippen LogP contribution in [0.4, 0.5) is 0 Å². The van der Waals surface area contributed by atoms with E-state index in [-0.39, 0.29) is 0 Å². The van der Waals surface area contributed by atoms with Gasteiger partial charge in [-0.2, -0.15) is 0 Å². The van der Waals surface area contributed by atoms with Crippen LogP contribution in [0.3, 0.4) is 0 Å². The molecule has 0 aromatic heterocycles. The first-order valence-electron chi connectivity index (χ1n) is 2.40. The molecular formula is C5H11Al+2. The third-order valence-electron chi connectivity index (χ3n) is 1.05. The molecule has 1 unspecified atom stereocenters. The molecule has 0 radical (unpaired) electrons. The Balaban J connectivity index is 2.99. The van der Waals surface area contributed by atoms with E-state index in [1.54, 1.807) is 0 Å². The number of rotatable bonds is 1. The average Bonchev–Trinajstić information content (AvgIpc) is 1.36. The van der Waals surface area contributed by atoms with Crippen LogP contribution in [0.15, 0.2) is 0 Å². The van der Waals surface area contributed by atoms with Gasteiger partial charge in [0.25, 0.3) is 0 Å². The Morgan fingerprint density at radius 3 is 1.33 bits per heavy atom. The molecule has 0 saturated carbocycles. The molecule has 0 nitrogen and oxygen atoms in total. The molecule has 0 spiro atoms. The first-order valence-corrected chi connectivity index (χ1v) is 3.07. The van der Waals surface area contributed by atoms with Crippen LogP contribution in [0.1, 0.15) is 20.8 Å². The predicted octanol–water partition coefficient (Wildman–Crippen LogP) is 1.62. The summed E-state index contributed by atoms with van der Waals surface area (Å²) in [5.41, 5.74) is 0. The minimum absolute atomic E-state index is 0.769. The fraction of sp³-hybridized carbons (Fsp3) is 1.00. The van der Waals surface area contributed by atoms with Crippen LogP contribution >= 0.6 is 0 Å². The van der Waals surface area contributed by atoms with Crippen LogP contribution in [0.25, 0.3) is 0 Å². The summed E-state index contributed by atoms with van der Waals surface area (Å²) >= 11 is 2.77. The van der Waals surface area contributed by atoms with E-state index in [9.17, 15) is 0 Å². The molecule has 6 heavy (non-hydrogen) atoms. The van der Waals surface area contributed by atoms with E-state index < -0.39 is 0 Å². The molecule has 0 aliphatic heterocycles. The van der Waals surface area contributed by atoms with Gasteiger partial charge in [-0.25, -0.2) is 0 Å². The molecule has 0 aromatic rings. The van der Waals surface area contributed by atoms with Crippen LogP contribution < -0.4 is 0 Å². The Morgan fingerprint density at radius 1 is 1.17 bits per heavy atom. The maximum absolute atomic E-state index is 2.77. The number of hydrogen-bond acceptors (Lipinski definition) is 0. The van der Waals surface area contributed by atoms with Gasteiger partial charge in [0.05, 0.1) is 0 Å². The van der Waals surface area contributed by atoms with Gasteiger partial charge in [0.2, 0.25) is 0 Å². The van der Waals surface area contributed by atoms with Crippen molar-refractivity contribution in [2.75, 3.05) is 0 Å². The summed E-state index contributed by atoms with van der Waals surface area (Å²) in [6.45, 7) is 6.64. The van der Waals surface area contributed by atoms with Crippen molar-refractivity contribution in [2.24, 2.45) is 5.92 Å². The zero-order valence-corrected chi connectivity index (χ0v) is 5.89. The summed E-state index contributed by atoms with van der Waals surface area (Å²) in [5.74, 6) is 0.815. The van der Waals surface area contributed by atoms with Crippen LogP contribution in [-0.4, -0.2) is 16.3 Å². The Labute approximate surface area is 48.4 Å². The summed E-state index contributed by atoms with van der Waals surface area (Å²) in [7, 11) is 0. The summed E-state index contributed by atoms with van der Waals surface area (Å²) in [5, 5.41) is 0. The molecule has 0 N–H and O–H groups in total. The van der Waals surface area contributed by atoms with Crippen molar-refractivity contribution in [2.45, 2.75) is 25.6 Å². The maximum atomic E-state index is 2.77. The molecule has 0 heterocycles. The van der Waals surface area contributed by atoms with Crippen molar-refractivity contribution >= 4 is 16.3 Å². The summed E-state index contributed by atoms with van der Waals surface area (Å²) < 4.78 is 0.769. The fourth-order valence-electron chi connectivity index (χ4n) is 0. The third kappa shape index (κ3) is 2.75. The van der Waals surface area contributed by atoms with E-state index in [1.165, 1.54) is 0 Å². The van der Waals surface area contributed by atoms with Crippen molar-refractivity contribution in [3.05, 3.63) is 0 Å². The van der Waals surface area contributed by atoms with Gasteiger partial charge < -0.3 is 0 Å². The Morgan fingerprint density at radius 2 is 1.33 bits per heavy atom. The first kappa shape index (κ1) is 6.53. The first-order chi connectivity index (χ1) is 2.64. The molecule has 0 bridgehead atoms. The molecule has 0 amide bonds. The van der Waals surface area contributed by atoms with Crippen molar-refractivity contribution in [1.29, 1.82) is 0 Å². The van der Waals surface area contributed by atoms with Crippen molar-refractivity contribution in [3.63, 3.8) is 0 Å². The second-order valence-electron chi connectivity index (χ2n) is 2.10. The molecule has 0 fully saturated rings. The summed E-state index contributed by atoms with van der Waals surface area (Å²) in [6.07, 6.45) is 0. The predicted molar refractivity (Wildman–Crippen MR) is 30.0 cm³/mol. The molecule has 0 aliphatic rings. The van der Waals surface area contributed by atoms with E-state index in [1.807, 2.05) is 0 Å². The molecular weight excluding hydrogens is 87.0 g/mol. The van der Waals surface area contributed by atoms with Gasteiger partial charge in [-0.1, -0.05) is 0 Å². The Hall–Kier alpha value is 0.532. The summed E-state index contributed by atoms with van der Waals surface area (Å²) in [4.78, 5) is 0. The van der Waals surface area contributed by atoms with E-state index in [2.05, 4.69) is 37.1 Å². The monoisotopic (exact) mass is 98.1 g/mol. The standard InChI is InChI=1S/C5H11.Al/c1-4-5(2)3;/h4-5H,1-3H3;/q;+2. The molecule has 0 aliphatic carbocycles. The van der Waals surface area contributed by atoms with Gasteiger partial charge in [-0.15, -0.1) is 0 Å². The molecule has 0 rings (SSSR count). The van der Waals surface area contributed by atoms with Gasteiger partial charge >= 0.3 is 47.8 Å². The fourth-order valence-corrected chi connectivity index (χ4v) is 0. The normalized spacial score (nSPS) is 15.7. The van der Waals surface area contributed by atoms with Gasteiger partial charge in [0.1, 0.15) is 0 Å². The quantitative estimate of drug-likeness (QED) is 0.437. The third-order valence-corrected chi connectivity index (χ3v) is 1.82. The van der Waals surface area contributed by atoms with E-state index >= 15 is 0 Å². The van der Waals surface area contributed by atoms with Gasteiger partial charge in [0, 0.05) is 0 Å².